The van der Waals surface area contributed by atoms with Gasteiger partial charge in [-0.15, -0.1) is 0 Å². The molecule has 2 aromatic rings. The predicted molar refractivity (Wildman–Crippen MR) is 55.2 cm³/mol. The summed E-state index contributed by atoms with van der Waals surface area (Å²) in [5.41, 5.74) is 3.04. The third-order valence-corrected chi connectivity index (χ3v) is 2.64. The summed E-state index contributed by atoms with van der Waals surface area (Å²) in [6, 6.07) is 8.03. The summed E-state index contributed by atoms with van der Waals surface area (Å²) in [6.07, 6.45) is 2.46. The third kappa shape index (κ3) is 0.924. The summed E-state index contributed by atoms with van der Waals surface area (Å²) in [5.74, 6) is 2.08. The normalized spacial score (nSPS) is 13.3. The van der Waals surface area contributed by atoms with Crippen LogP contribution in [0, 0.1) is 0 Å². The van der Waals surface area contributed by atoms with Gasteiger partial charge in [0, 0.05) is 0 Å². The molecule has 0 atom stereocenters. The molecule has 0 radical (unpaired) electrons. The molecular weight excluding hydrogens is 173 g/mol. The average Bonchev–Trinajstić information content (AvgIpc) is 2.67. The van der Waals surface area contributed by atoms with E-state index in [1.54, 1.807) is 0 Å². The zero-order chi connectivity index (χ0) is 9.54. The first-order chi connectivity index (χ1) is 6.86. The zero-order valence-corrected chi connectivity index (χ0v) is 7.60. The van der Waals surface area contributed by atoms with Gasteiger partial charge in [-0.2, -0.15) is 0 Å². The molecule has 14 heavy (non-hydrogen) atoms. The number of hydrogen-bond donors (Lipinski definition) is 0. The monoisotopic (exact) mass is 181 g/mol. The van der Waals surface area contributed by atoms with Crippen molar-refractivity contribution >= 4 is 12.7 Å². The van der Waals surface area contributed by atoms with Crippen LogP contribution in [0.2, 0.25) is 0 Å². The Balaban J connectivity index is 2.34. The Kier molecular flexibility index (Phi) is 1.48. The first kappa shape index (κ1) is 7.74. The molecule has 0 amide bonds. The molecule has 0 saturated heterocycles. The molecule has 1 aliphatic heterocycles. The van der Waals surface area contributed by atoms with Crippen molar-refractivity contribution in [2.75, 3.05) is 0 Å². The Hall–Kier alpha value is -1.64. The van der Waals surface area contributed by atoms with Gasteiger partial charge in [0.15, 0.2) is 0 Å². The molecular formula is C11H8BNO. The molecule has 0 unspecified atom stereocenters. The van der Waals surface area contributed by atoms with Crippen molar-refractivity contribution in [1.82, 2.24) is 4.57 Å². The molecule has 66 valence electrons. The second-order valence-corrected chi connectivity index (χ2v) is 3.49. The summed E-state index contributed by atoms with van der Waals surface area (Å²) < 4.78 is 1.96. The number of fused-ring (bicyclic) bond motifs is 3. The van der Waals surface area contributed by atoms with Crippen LogP contribution in [0.15, 0.2) is 36.3 Å². The van der Waals surface area contributed by atoms with Gasteiger partial charge >= 0.3 is 81.7 Å². The second-order valence-electron chi connectivity index (χ2n) is 3.49. The van der Waals surface area contributed by atoms with Crippen molar-refractivity contribution in [2.45, 2.75) is 6.42 Å². The van der Waals surface area contributed by atoms with E-state index < -0.39 is 0 Å². The van der Waals surface area contributed by atoms with E-state index in [1.165, 1.54) is 0 Å². The Morgan fingerprint density at radius 3 is 3.07 bits per heavy atom. The Morgan fingerprint density at radius 2 is 2.14 bits per heavy atom. The van der Waals surface area contributed by atoms with E-state index in [-0.39, 0.29) is 5.78 Å². The number of benzene rings is 1. The van der Waals surface area contributed by atoms with Crippen LogP contribution in [0.25, 0.3) is 5.69 Å². The van der Waals surface area contributed by atoms with Crippen LogP contribution in [0.5, 0.6) is 0 Å². The van der Waals surface area contributed by atoms with Gasteiger partial charge in [0.2, 0.25) is 0 Å². The number of rotatable bonds is 0. The standard InChI is InChI=1S/C11H8BNO/c14-11-5-8-3-1-2-4-9(8)13-7-12-6-10(11)13/h1-4,6-7H,5H2. The van der Waals surface area contributed by atoms with Crippen LogP contribution in [0.4, 0.5) is 0 Å². The van der Waals surface area contributed by atoms with Gasteiger partial charge < -0.3 is 0 Å². The molecule has 1 aromatic carbocycles. The van der Waals surface area contributed by atoms with Crippen molar-refractivity contribution in [3.63, 3.8) is 0 Å². The predicted octanol–water partition coefficient (Wildman–Crippen LogP) is 1.55. The van der Waals surface area contributed by atoms with Crippen LogP contribution in [-0.2, 0) is 6.42 Å². The Labute approximate surface area is 82.4 Å². The van der Waals surface area contributed by atoms with Crippen LogP contribution in [-0.4, -0.2) is 17.3 Å². The Bertz CT molecular complexity index is 516. The number of carbonyl (C=O) groups is 1. The molecule has 2 heterocycles. The van der Waals surface area contributed by atoms with E-state index in [2.05, 4.69) is 0 Å². The van der Waals surface area contributed by atoms with Crippen molar-refractivity contribution in [2.24, 2.45) is 0 Å². The number of carbonyl (C=O) groups excluding carboxylic acids is 1. The van der Waals surface area contributed by atoms with Gasteiger partial charge in [-0.1, -0.05) is 0 Å². The molecule has 1 aliphatic rings. The van der Waals surface area contributed by atoms with E-state index in [4.69, 9.17) is 0 Å². The minimum atomic E-state index is 0.203. The number of nitrogens with zero attached hydrogens (tertiary/aromatic N) is 1. The van der Waals surface area contributed by atoms with Gasteiger partial charge in [-0.25, -0.2) is 0 Å². The number of ketones is 1. The van der Waals surface area contributed by atoms with Crippen molar-refractivity contribution in [3.8, 4) is 5.69 Å². The van der Waals surface area contributed by atoms with Gasteiger partial charge in [-0.05, 0) is 0 Å². The molecule has 0 spiro atoms. The van der Waals surface area contributed by atoms with E-state index in [9.17, 15) is 4.79 Å². The van der Waals surface area contributed by atoms with E-state index in [1.807, 2.05) is 47.8 Å². The summed E-state index contributed by atoms with van der Waals surface area (Å²) in [4.78, 5) is 11.7. The topological polar surface area (TPSA) is 22.0 Å². The van der Waals surface area contributed by atoms with Gasteiger partial charge in [0.05, 0.1) is 0 Å². The summed E-state index contributed by atoms with van der Waals surface area (Å²) in [7, 11) is 0. The molecule has 3 heteroatoms. The average molecular weight is 181 g/mol. The van der Waals surface area contributed by atoms with Crippen LogP contribution in [0.3, 0.4) is 0 Å². The summed E-state index contributed by atoms with van der Waals surface area (Å²) in [6.45, 7) is 1.91. The summed E-state index contributed by atoms with van der Waals surface area (Å²) in [5, 5.41) is 0. The first-order valence-electron chi connectivity index (χ1n) is 4.65. The second kappa shape index (κ2) is 2.67. The number of Topliss-reactive ketones (excluding diaryl/α,β-unsaturated/α-hetero) is 1. The molecule has 0 bridgehead atoms. The SMILES string of the molecule is O=C1Cc2ccccc2-n2cbcc21. The fraction of sp³-hybridized carbons (Fsp3) is 0.0909. The minimum absolute atomic E-state index is 0.203. The van der Waals surface area contributed by atoms with E-state index in [0.29, 0.717) is 6.42 Å². The van der Waals surface area contributed by atoms with Gasteiger partial charge in [-0.3, -0.25) is 0 Å². The molecule has 3 rings (SSSR count). The number of aromatic nitrogens is 1. The fourth-order valence-corrected chi connectivity index (χ4v) is 1.98. The molecule has 0 aliphatic carbocycles. The fourth-order valence-electron chi connectivity index (χ4n) is 1.98. The van der Waals surface area contributed by atoms with Gasteiger partial charge in [0.25, 0.3) is 0 Å². The zero-order valence-electron chi connectivity index (χ0n) is 7.60. The van der Waals surface area contributed by atoms with Crippen molar-refractivity contribution in [3.05, 3.63) is 47.6 Å². The molecule has 0 fully saturated rings. The quantitative estimate of drug-likeness (QED) is 0.604. The number of para-hydroxylation sites is 1. The van der Waals surface area contributed by atoms with Crippen molar-refractivity contribution < 1.29 is 4.79 Å². The Morgan fingerprint density at radius 1 is 1.29 bits per heavy atom. The molecule has 1 aromatic heterocycles. The maximum atomic E-state index is 11.7. The van der Waals surface area contributed by atoms with E-state index >= 15 is 0 Å². The summed E-state index contributed by atoms with van der Waals surface area (Å²) >= 11 is 0. The maximum absolute atomic E-state index is 11.7. The van der Waals surface area contributed by atoms with E-state index in [0.717, 1.165) is 16.9 Å². The third-order valence-electron chi connectivity index (χ3n) is 2.64. The van der Waals surface area contributed by atoms with Crippen molar-refractivity contribution in [1.29, 1.82) is 0 Å². The number of hydrogen-bond acceptors (Lipinski definition) is 1. The van der Waals surface area contributed by atoms with Crippen LogP contribution < -0.4 is 0 Å². The molecule has 2 nitrogen and oxygen atoms in total. The van der Waals surface area contributed by atoms with Crippen LogP contribution in [0.1, 0.15) is 16.1 Å². The van der Waals surface area contributed by atoms with Crippen LogP contribution >= 0.6 is 0 Å². The molecule has 0 N–H and O–H groups in total. The molecule has 0 saturated carbocycles. The first-order valence-corrected chi connectivity index (χ1v) is 4.65. The van der Waals surface area contributed by atoms with Gasteiger partial charge in [0.1, 0.15) is 0 Å².